The van der Waals surface area contributed by atoms with Gasteiger partial charge in [-0.3, -0.25) is 4.90 Å². The maximum absolute atomic E-state index is 6.01. The molecular formula is C18H30N2O. The van der Waals surface area contributed by atoms with Gasteiger partial charge in [0.15, 0.2) is 0 Å². The Kier molecular flexibility index (Phi) is 5.28. The van der Waals surface area contributed by atoms with Gasteiger partial charge in [0.05, 0.1) is 7.11 Å². The molecule has 1 aromatic rings. The number of benzene rings is 1. The fraction of sp³-hybridized carbons (Fsp3) is 0.667. The standard InChI is InChI=1S/C18H30N2O/c1-5-18(3)8-10-20(11-9-18)13-16-12-15(14(2)19)6-7-17(16)21-4/h6-7,12,14H,5,8-11,13,19H2,1-4H3. The first-order valence-corrected chi connectivity index (χ1v) is 8.12. The van der Waals surface area contributed by atoms with Crippen molar-refractivity contribution in [1.82, 2.24) is 4.90 Å². The van der Waals surface area contributed by atoms with E-state index in [9.17, 15) is 0 Å². The quantitative estimate of drug-likeness (QED) is 0.898. The molecule has 0 amide bonds. The molecule has 3 nitrogen and oxygen atoms in total. The highest BCUT2D eigenvalue weighted by Gasteiger charge is 2.28. The Morgan fingerprint density at radius 3 is 2.52 bits per heavy atom. The zero-order valence-electron chi connectivity index (χ0n) is 14.0. The molecule has 0 radical (unpaired) electrons. The number of rotatable bonds is 5. The Morgan fingerprint density at radius 1 is 1.33 bits per heavy atom. The van der Waals surface area contributed by atoms with Crippen LogP contribution in [-0.2, 0) is 6.54 Å². The topological polar surface area (TPSA) is 38.5 Å². The molecule has 0 aliphatic carbocycles. The molecule has 1 aliphatic rings. The fourth-order valence-corrected chi connectivity index (χ4v) is 3.05. The first kappa shape index (κ1) is 16.3. The van der Waals surface area contributed by atoms with E-state index in [0.29, 0.717) is 5.41 Å². The van der Waals surface area contributed by atoms with Crippen LogP contribution in [-0.4, -0.2) is 25.1 Å². The Balaban J connectivity index is 2.07. The summed E-state index contributed by atoms with van der Waals surface area (Å²) in [7, 11) is 1.74. The molecule has 1 saturated heterocycles. The first-order valence-electron chi connectivity index (χ1n) is 8.12. The van der Waals surface area contributed by atoms with Gasteiger partial charge >= 0.3 is 0 Å². The van der Waals surface area contributed by atoms with Crippen LogP contribution >= 0.6 is 0 Å². The normalized spacial score (nSPS) is 20.2. The molecule has 21 heavy (non-hydrogen) atoms. The fourth-order valence-electron chi connectivity index (χ4n) is 3.05. The molecule has 0 saturated carbocycles. The third kappa shape index (κ3) is 3.98. The molecule has 1 unspecified atom stereocenters. The molecule has 2 rings (SSSR count). The Bertz CT molecular complexity index is 462. The number of hydrogen-bond donors (Lipinski definition) is 1. The van der Waals surface area contributed by atoms with E-state index in [4.69, 9.17) is 10.5 Å². The van der Waals surface area contributed by atoms with Gasteiger partial charge in [-0.25, -0.2) is 0 Å². The van der Waals surface area contributed by atoms with Crippen LogP contribution in [0, 0.1) is 5.41 Å². The van der Waals surface area contributed by atoms with Crippen LogP contribution in [0.3, 0.4) is 0 Å². The number of hydrogen-bond acceptors (Lipinski definition) is 3. The van der Waals surface area contributed by atoms with Crippen LogP contribution in [0.5, 0.6) is 5.75 Å². The number of methoxy groups -OCH3 is 1. The van der Waals surface area contributed by atoms with E-state index in [1.807, 2.05) is 13.0 Å². The predicted molar refractivity (Wildman–Crippen MR) is 88.5 cm³/mol. The van der Waals surface area contributed by atoms with Gasteiger partial charge in [0.25, 0.3) is 0 Å². The summed E-state index contributed by atoms with van der Waals surface area (Å²) in [5, 5.41) is 0. The van der Waals surface area contributed by atoms with E-state index in [-0.39, 0.29) is 6.04 Å². The largest absolute Gasteiger partial charge is 0.496 e. The van der Waals surface area contributed by atoms with Crippen LogP contribution in [0.4, 0.5) is 0 Å². The molecule has 1 aliphatic heterocycles. The molecule has 1 heterocycles. The maximum Gasteiger partial charge on any atom is 0.123 e. The molecule has 2 N–H and O–H groups in total. The predicted octanol–water partition coefficient (Wildman–Crippen LogP) is 3.73. The van der Waals surface area contributed by atoms with Gasteiger partial charge in [0.2, 0.25) is 0 Å². The average molecular weight is 290 g/mol. The van der Waals surface area contributed by atoms with E-state index in [1.165, 1.54) is 43.5 Å². The van der Waals surface area contributed by atoms with Gasteiger partial charge in [-0.05, 0) is 56.0 Å². The van der Waals surface area contributed by atoms with Crippen molar-refractivity contribution in [3.8, 4) is 5.75 Å². The number of ether oxygens (including phenoxy) is 1. The Morgan fingerprint density at radius 2 is 2.00 bits per heavy atom. The number of nitrogens with two attached hydrogens (primary N) is 1. The van der Waals surface area contributed by atoms with E-state index in [1.54, 1.807) is 7.11 Å². The third-order valence-corrected chi connectivity index (χ3v) is 5.14. The van der Waals surface area contributed by atoms with E-state index < -0.39 is 0 Å². The summed E-state index contributed by atoms with van der Waals surface area (Å²) in [6.45, 7) is 10.1. The van der Waals surface area contributed by atoms with Gasteiger partial charge in [-0.2, -0.15) is 0 Å². The molecule has 1 aromatic carbocycles. The summed E-state index contributed by atoms with van der Waals surface area (Å²) >= 11 is 0. The summed E-state index contributed by atoms with van der Waals surface area (Å²) in [5.74, 6) is 0.975. The van der Waals surface area contributed by atoms with Crippen LogP contribution < -0.4 is 10.5 Å². The minimum absolute atomic E-state index is 0.0689. The van der Waals surface area contributed by atoms with Crippen molar-refractivity contribution in [2.24, 2.45) is 11.1 Å². The van der Waals surface area contributed by atoms with Crippen LogP contribution in [0.2, 0.25) is 0 Å². The lowest BCUT2D eigenvalue weighted by Crippen LogP contribution is -2.38. The highest BCUT2D eigenvalue weighted by atomic mass is 16.5. The molecule has 3 heteroatoms. The molecule has 0 spiro atoms. The number of likely N-dealkylation sites (tertiary alicyclic amines) is 1. The van der Waals surface area contributed by atoms with E-state index in [0.717, 1.165) is 12.3 Å². The minimum Gasteiger partial charge on any atom is -0.496 e. The van der Waals surface area contributed by atoms with Gasteiger partial charge in [-0.1, -0.05) is 26.3 Å². The summed E-state index contributed by atoms with van der Waals surface area (Å²) in [4.78, 5) is 2.54. The van der Waals surface area contributed by atoms with Gasteiger partial charge < -0.3 is 10.5 Å². The van der Waals surface area contributed by atoms with Gasteiger partial charge in [0, 0.05) is 18.2 Å². The highest BCUT2D eigenvalue weighted by molar-refractivity contribution is 5.38. The third-order valence-electron chi connectivity index (χ3n) is 5.14. The first-order chi connectivity index (χ1) is 9.97. The molecule has 0 bridgehead atoms. The summed E-state index contributed by atoms with van der Waals surface area (Å²) in [5.41, 5.74) is 8.98. The maximum atomic E-state index is 6.01. The lowest BCUT2D eigenvalue weighted by atomic mass is 9.78. The smallest absolute Gasteiger partial charge is 0.123 e. The molecule has 118 valence electrons. The van der Waals surface area contributed by atoms with Crippen molar-refractivity contribution < 1.29 is 4.74 Å². The molecule has 1 fully saturated rings. The number of nitrogens with zero attached hydrogens (tertiary/aromatic N) is 1. The lowest BCUT2D eigenvalue weighted by Gasteiger charge is -2.39. The molecular weight excluding hydrogens is 260 g/mol. The van der Waals surface area contributed by atoms with E-state index >= 15 is 0 Å². The Labute approximate surface area is 129 Å². The van der Waals surface area contributed by atoms with Crippen molar-refractivity contribution >= 4 is 0 Å². The second-order valence-electron chi connectivity index (χ2n) is 6.80. The van der Waals surface area contributed by atoms with Crippen LogP contribution in [0.1, 0.15) is 57.2 Å². The van der Waals surface area contributed by atoms with Crippen LogP contribution in [0.25, 0.3) is 0 Å². The second kappa shape index (κ2) is 6.80. The summed E-state index contributed by atoms with van der Waals surface area (Å²) in [6.07, 6.45) is 3.86. The summed E-state index contributed by atoms with van der Waals surface area (Å²) in [6, 6.07) is 6.39. The Hall–Kier alpha value is -1.06. The lowest BCUT2D eigenvalue weighted by molar-refractivity contribution is 0.109. The molecule has 0 aromatic heterocycles. The van der Waals surface area contributed by atoms with Crippen molar-refractivity contribution in [1.29, 1.82) is 0 Å². The van der Waals surface area contributed by atoms with Crippen molar-refractivity contribution in [2.45, 2.75) is 52.6 Å². The monoisotopic (exact) mass is 290 g/mol. The SMILES string of the molecule is CCC1(C)CCN(Cc2cc(C(C)N)ccc2OC)CC1. The zero-order valence-corrected chi connectivity index (χ0v) is 14.0. The van der Waals surface area contributed by atoms with Crippen molar-refractivity contribution in [3.63, 3.8) is 0 Å². The van der Waals surface area contributed by atoms with Gasteiger partial charge in [0.1, 0.15) is 5.75 Å². The highest BCUT2D eigenvalue weighted by Crippen LogP contribution is 2.35. The van der Waals surface area contributed by atoms with E-state index in [2.05, 4.69) is 30.9 Å². The van der Waals surface area contributed by atoms with Gasteiger partial charge in [-0.15, -0.1) is 0 Å². The average Bonchev–Trinajstić information content (AvgIpc) is 2.49. The van der Waals surface area contributed by atoms with Crippen molar-refractivity contribution in [3.05, 3.63) is 29.3 Å². The zero-order chi connectivity index (χ0) is 15.5. The summed E-state index contributed by atoms with van der Waals surface area (Å²) < 4.78 is 5.52. The van der Waals surface area contributed by atoms with Crippen LogP contribution in [0.15, 0.2) is 18.2 Å². The number of piperidine rings is 1. The minimum atomic E-state index is 0.0689. The molecule has 1 atom stereocenters. The second-order valence-corrected chi connectivity index (χ2v) is 6.80. The van der Waals surface area contributed by atoms with Crippen molar-refractivity contribution in [2.75, 3.05) is 20.2 Å².